The summed E-state index contributed by atoms with van der Waals surface area (Å²) >= 11 is 0. The second kappa shape index (κ2) is 16.0. The number of aryl methyl sites for hydroxylation is 2. The second-order valence-electron chi connectivity index (χ2n) is 11.2. The van der Waals surface area contributed by atoms with E-state index in [2.05, 4.69) is 24.4 Å². The van der Waals surface area contributed by atoms with Crippen molar-refractivity contribution in [3.05, 3.63) is 95.1 Å². The first-order valence-electron chi connectivity index (χ1n) is 15.5. The van der Waals surface area contributed by atoms with Crippen molar-refractivity contribution in [3.63, 3.8) is 0 Å². The van der Waals surface area contributed by atoms with Crippen LogP contribution in [0.1, 0.15) is 74.6 Å². The number of rotatable bonds is 14. The lowest BCUT2D eigenvalue weighted by Gasteiger charge is -2.33. The van der Waals surface area contributed by atoms with Crippen LogP contribution in [0.3, 0.4) is 0 Å². The Balaban J connectivity index is 1.60. The van der Waals surface area contributed by atoms with Crippen molar-refractivity contribution in [3.8, 4) is 11.5 Å². The highest BCUT2D eigenvalue weighted by Crippen LogP contribution is 2.29. The fourth-order valence-corrected chi connectivity index (χ4v) is 5.75. The highest BCUT2D eigenvalue weighted by molar-refractivity contribution is 5.88. The zero-order valence-electron chi connectivity index (χ0n) is 25.4. The number of carbonyl (C=O) groups is 2. The summed E-state index contributed by atoms with van der Waals surface area (Å²) in [6.07, 6.45) is 6.76. The van der Waals surface area contributed by atoms with Crippen molar-refractivity contribution in [1.82, 2.24) is 10.2 Å². The number of ether oxygens (including phenoxy) is 2. The summed E-state index contributed by atoms with van der Waals surface area (Å²) < 4.78 is 11.5. The van der Waals surface area contributed by atoms with Crippen LogP contribution in [-0.2, 0) is 29.0 Å². The van der Waals surface area contributed by atoms with Gasteiger partial charge in [0, 0.05) is 25.4 Å². The van der Waals surface area contributed by atoms with Gasteiger partial charge in [-0.05, 0) is 68.9 Å². The van der Waals surface area contributed by atoms with Crippen LogP contribution in [-0.4, -0.2) is 42.0 Å². The number of amides is 2. The summed E-state index contributed by atoms with van der Waals surface area (Å²) in [6.45, 7) is 7.40. The molecule has 224 valence electrons. The molecule has 0 saturated heterocycles. The van der Waals surface area contributed by atoms with Gasteiger partial charge in [0.1, 0.15) is 6.04 Å². The van der Waals surface area contributed by atoms with Crippen LogP contribution in [0, 0.1) is 6.92 Å². The minimum Gasteiger partial charge on any atom is -0.490 e. The number of hydrogen-bond donors (Lipinski definition) is 1. The average molecular weight is 571 g/mol. The summed E-state index contributed by atoms with van der Waals surface area (Å²) in [7, 11) is 0. The Morgan fingerprint density at radius 2 is 1.55 bits per heavy atom. The van der Waals surface area contributed by atoms with E-state index in [1.807, 2.05) is 74.5 Å². The van der Waals surface area contributed by atoms with E-state index >= 15 is 0 Å². The van der Waals surface area contributed by atoms with E-state index in [0.29, 0.717) is 44.1 Å². The number of carbonyl (C=O) groups excluding carboxylic acids is 2. The Hall–Kier alpha value is -3.80. The number of hydrogen-bond acceptors (Lipinski definition) is 4. The molecule has 0 unspecified atom stereocenters. The Kier molecular flexibility index (Phi) is 11.9. The smallest absolute Gasteiger partial charge is 0.243 e. The summed E-state index contributed by atoms with van der Waals surface area (Å²) in [5.41, 5.74) is 4.18. The molecule has 1 aliphatic carbocycles. The molecule has 0 aromatic heterocycles. The maximum atomic E-state index is 14.1. The van der Waals surface area contributed by atoms with Crippen molar-refractivity contribution in [2.24, 2.45) is 0 Å². The molecule has 3 aromatic rings. The fourth-order valence-electron chi connectivity index (χ4n) is 5.75. The number of nitrogens with one attached hydrogen (secondary N) is 1. The van der Waals surface area contributed by atoms with Crippen LogP contribution >= 0.6 is 0 Å². The molecular weight excluding hydrogens is 524 g/mol. The van der Waals surface area contributed by atoms with Gasteiger partial charge >= 0.3 is 0 Å². The molecule has 0 spiro atoms. The average Bonchev–Trinajstić information content (AvgIpc) is 3.00. The molecule has 4 rings (SSSR count). The Morgan fingerprint density at radius 3 is 2.26 bits per heavy atom. The van der Waals surface area contributed by atoms with Crippen molar-refractivity contribution in [2.75, 3.05) is 13.2 Å². The lowest BCUT2D eigenvalue weighted by Crippen LogP contribution is -2.52. The molecule has 0 heterocycles. The lowest BCUT2D eigenvalue weighted by atomic mass is 9.94. The molecule has 1 fully saturated rings. The summed E-state index contributed by atoms with van der Waals surface area (Å²) in [5, 5.41) is 3.32. The molecule has 0 aliphatic heterocycles. The Morgan fingerprint density at radius 1 is 0.833 bits per heavy atom. The Bertz CT molecular complexity index is 1290. The third kappa shape index (κ3) is 9.10. The minimum absolute atomic E-state index is 0.0388. The van der Waals surface area contributed by atoms with E-state index < -0.39 is 6.04 Å². The normalized spacial score (nSPS) is 14.2. The van der Waals surface area contributed by atoms with E-state index in [0.717, 1.165) is 47.9 Å². The highest BCUT2D eigenvalue weighted by atomic mass is 16.5. The zero-order chi connectivity index (χ0) is 29.7. The van der Waals surface area contributed by atoms with Crippen LogP contribution in [0.15, 0.2) is 72.8 Å². The number of benzene rings is 3. The summed E-state index contributed by atoms with van der Waals surface area (Å²) in [5.74, 6) is 1.29. The molecule has 2 amide bonds. The van der Waals surface area contributed by atoms with Gasteiger partial charge in [0.25, 0.3) is 0 Å². The van der Waals surface area contributed by atoms with Crippen molar-refractivity contribution in [1.29, 1.82) is 0 Å². The highest BCUT2D eigenvalue weighted by Gasteiger charge is 2.31. The van der Waals surface area contributed by atoms with Gasteiger partial charge in [-0.2, -0.15) is 0 Å². The molecule has 1 N–H and O–H groups in total. The molecule has 3 aromatic carbocycles. The fraction of sp³-hybridized carbons (Fsp3) is 0.444. The van der Waals surface area contributed by atoms with Gasteiger partial charge in [0.2, 0.25) is 11.8 Å². The molecule has 0 bridgehead atoms. The lowest BCUT2D eigenvalue weighted by molar-refractivity contribution is -0.141. The van der Waals surface area contributed by atoms with Gasteiger partial charge in [0.05, 0.1) is 13.2 Å². The second-order valence-corrected chi connectivity index (χ2v) is 11.2. The molecule has 1 atom stereocenters. The largest absolute Gasteiger partial charge is 0.490 e. The standard InChI is InChI=1S/C36H46N2O4/c1-4-41-33-21-19-29(25-34(33)42-5-2)20-22-35(39)38(26-30-16-12-13-27(3)23-30)32(24-28-14-8-6-9-15-28)36(40)37-31-17-10-7-11-18-31/h6,8-9,12-16,19,21,23,25,31-32H,4-5,7,10-11,17-18,20,22,24,26H2,1-3H3,(H,37,40)/t32-/m1/s1. The van der Waals surface area contributed by atoms with Crippen molar-refractivity contribution in [2.45, 2.75) is 90.8 Å². The first-order valence-corrected chi connectivity index (χ1v) is 15.5. The molecule has 1 saturated carbocycles. The first kappa shape index (κ1) is 31.1. The minimum atomic E-state index is -0.610. The topological polar surface area (TPSA) is 67.9 Å². The van der Waals surface area contributed by atoms with E-state index in [4.69, 9.17) is 9.47 Å². The Labute approximate surface area is 251 Å². The van der Waals surface area contributed by atoms with Crippen LogP contribution in [0.5, 0.6) is 11.5 Å². The third-order valence-corrected chi connectivity index (χ3v) is 7.89. The summed E-state index contributed by atoms with van der Waals surface area (Å²) in [4.78, 5) is 29.9. The van der Waals surface area contributed by atoms with Gasteiger partial charge in [-0.3, -0.25) is 9.59 Å². The molecule has 1 aliphatic rings. The van der Waals surface area contributed by atoms with E-state index in [-0.39, 0.29) is 24.3 Å². The molecular formula is C36H46N2O4. The molecule has 6 heteroatoms. The molecule has 6 nitrogen and oxygen atoms in total. The summed E-state index contributed by atoms with van der Waals surface area (Å²) in [6, 6.07) is 23.6. The third-order valence-electron chi connectivity index (χ3n) is 7.89. The van der Waals surface area contributed by atoms with Crippen LogP contribution in [0.4, 0.5) is 0 Å². The molecule has 0 radical (unpaired) electrons. The van der Waals surface area contributed by atoms with Crippen molar-refractivity contribution < 1.29 is 19.1 Å². The van der Waals surface area contributed by atoms with Crippen LogP contribution in [0.25, 0.3) is 0 Å². The van der Waals surface area contributed by atoms with Gasteiger partial charge < -0.3 is 19.7 Å². The predicted octanol–water partition coefficient (Wildman–Crippen LogP) is 6.81. The number of nitrogens with zero attached hydrogens (tertiary/aromatic N) is 1. The van der Waals surface area contributed by atoms with E-state index in [9.17, 15) is 9.59 Å². The van der Waals surface area contributed by atoms with Gasteiger partial charge in [-0.1, -0.05) is 85.5 Å². The quantitative estimate of drug-likeness (QED) is 0.231. The van der Waals surface area contributed by atoms with E-state index in [1.54, 1.807) is 4.90 Å². The maximum absolute atomic E-state index is 14.1. The van der Waals surface area contributed by atoms with Crippen molar-refractivity contribution >= 4 is 11.8 Å². The molecule has 42 heavy (non-hydrogen) atoms. The maximum Gasteiger partial charge on any atom is 0.243 e. The monoisotopic (exact) mass is 570 g/mol. The predicted molar refractivity (Wildman–Crippen MR) is 168 cm³/mol. The van der Waals surface area contributed by atoms with Gasteiger partial charge in [-0.25, -0.2) is 0 Å². The van der Waals surface area contributed by atoms with E-state index in [1.165, 1.54) is 6.42 Å². The zero-order valence-corrected chi connectivity index (χ0v) is 25.4. The first-order chi connectivity index (χ1) is 20.5. The van der Waals surface area contributed by atoms with Gasteiger partial charge in [0.15, 0.2) is 11.5 Å². The van der Waals surface area contributed by atoms with Crippen LogP contribution in [0.2, 0.25) is 0 Å². The SMILES string of the molecule is CCOc1ccc(CCC(=O)N(Cc2cccc(C)c2)[C@H](Cc2ccccc2)C(=O)NC2CCCCC2)cc1OCC. The van der Waals surface area contributed by atoms with Gasteiger partial charge in [-0.15, -0.1) is 0 Å². The van der Waals surface area contributed by atoms with Crippen LogP contribution < -0.4 is 14.8 Å².